The van der Waals surface area contributed by atoms with Crippen LogP contribution in [-0.4, -0.2) is 70.0 Å². The van der Waals surface area contributed by atoms with Crippen LogP contribution in [0.25, 0.3) is 0 Å². The molecule has 0 radical (unpaired) electrons. The van der Waals surface area contributed by atoms with Crippen LogP contribution >= 0.6 is 34.8 Å². The van der Waals surface area contributed by atoms with Gasteiger partial charge in [-0.3, -0.25) is 19.2 Å². The van der Waals surface area contributed by atoms with Crippen LogP contribution in [0.15, 0.2) is 30.3 Å². The van der Waals surface area contributed by atoms with Crippen molar-refractivity contribution in [3.63, 3.8) is 0 Å². The first-order chi connectivity index (χ1) is 17.1. The molecule has 13 heteroatoms. The fourth-order valence-corrected chi connectivity index (χ4v) is 3.19. The second kappa shape index (κ2) is 17.4. The molecule has 0 saturated carbocycles. The Labute approximate surface area is 232 Å². The highest BCUT2D eigenvalue weighted by Gasteiger charge is 2.27. The zero-order chi connectivity index (χ0) is 28.6. The van der Waals surface area contributed by atoms with Crippen molar-refractivity contribution in [3.8, 4) is 0 Å². The molecular formula is C24H37Cl3N4O6. The van der Waals surface area contributed by atoms with E-state index >= 15 is 0 Å². The van der Waals surface area contributed by atoms with Gasteiger partial charge in [0.15, 0.2) is 0 Å². The zero-order valence-corrected chi connectivity index (χ0v) is 23.7. The van der Waals surface area contributed by atoms with E-state index in [-0.39, 0.29) is 36.8 Å². The molecule has 0 fully saturated rings. The summed E-state index contributed by atoms with van der Waals surface area (Å²) in [6.45, 7) is 7.18. The molecule has 0 aliphatic rings. The molecule has 210 valence electrons. The maximum Gasteiger partial charge on any atom is 0.323 e. The van der Waals surface area contributed by atoms with Gasteiger partial charge < -0.3 is 31.5 Å². The number of halogens is 3. The van der Waals surface area contributed by atoms with Gasteiger partial charge >= 0.3 is 5.97 Å². The number of hydrogen-bond acceptors (Lipinski definition) is 7. The van der Waals surface area contributed by atoms with E-state index in [1.54, 1.807) is 6.92 Å². The molecule has 37 heavy (non-hydrogen) atoms. The molecule has 3 unspecified atom stereocenters. The Morgan fingerprint density at radius 3 is 2.19 bits per heavy atom. The average molecular weight is 584 g/mol. The maximum atomic E-state index is 12.9. The van der Waals surface area contributed by atoms with Gasteiger partial charge in [0.2, 0.25) is 15.6 Å². The summed E-state index contributed by atoms with van der Waals surface area (Å²) in [5, 5.41) is 15.7. The molecule has 0 bridgehead atoms. The Morgan fingerprint density at radius 2 is 1.68 bits per heavy atom. The summed E-state index contributed by atoms with van der Waals surface area (Å²) in [6, 6.07) is 7.53. The number of carbonyl (C=O) groups is 4. The third-order valence-electron chi connectivity index (χ3n) is 4.63. The van der Waals surface area contributed by atoms with Crippen molar-refractivity contribution in [1.82, 2.24) is 16.0 Å². The van der Waals surface area contributed by atoms with Crippen molar-refractivity contribution < 1.29 is 29.0 Å². The zero-order valence-electron chi connectivity index (χ0n) is 21.4. The molecule has 0 aliphatic carbocycles. The summed E-state index contributed by atoms with van der Waals surface area (Å²) in [4.78, 5) is 45.5. The first-order valence-electron chi connectivity index (χ1n) is 11.6. The van der Waals surface area contributed by atoms with Gasteiger partial charge in [-0.25, -0.2) is 0 Å². The molecule has 0 saturated heterocycles. The normalized spacial score (nSPS) is 13.7. The van der Waals surface area contributed by atoms with Crippen LogP contribution in [-0.2, 0) is 30.3 Å². The van der Waals surface area contributed by atoms with Gasteiger partial charge in [-0.1, -0.05) is 65.1 Å². The van der Waals surface area contributed by atoms with Crippen molar-refractivity contribution in [2.75, 3.05) is 13.2 Å². The Hall–Kier alpha value is -2.11. The second-order valence-corrected chi connectivity index (χ2v) is 11.8. The Kier molecular flexibility index (Phi) is 16.4. The van der Waals surface area contributed by atoms with Crippen molar-refractivity contribution in [1.29, 1.82) is 0 Å². The van der Waals surface area contributed by atoms with E-state index in [0.717, 1.165) is 5.56 Å². The Balaban J connectivity index is 0.00000410. The van der Waals surface area contributed by atoms with E-state index < -0.39 is 34.5 Å². The third kappa shape index (κ3) is 17.9. The predicted molar refractivity (Wildman–Crippen MR) is 145 cm³/mol. The lowest BCUT2D eigenvalue weighted by atomic mass is 10.0. The number of carbonyl (C=O) groups excluding carboxylic acids is 3. The van der Waals surface area contributed by atoms with Gasteiger partial charge in [0.05, 0.1) is 6.04 Å². The quantitative estimate of drug-likeness (QED) is 0.108. The second-order valence-electron chi connectivity index (χ2n) is 9.23. The number of alkyl halides is 3. The summed E-state index contributed by atoms with van der Waals surface area (Å²) in [7, 11) is 0. The Morgan fingerprint density at radius 1 is 1.11 bits per heavy atom. The lowest BCUT2D eigenvalue weighted by molar-refractivity contribution is -0.145. The summed E-state index contributed by atoms with van der Waals surface area (Å²) in [6.07, 6.45) is 1.19. The number of carboxylic acid groups (broad SMARTS) is 1. The average Bonchev–Trinajstić information content (AvgIpc) is 2.79. The Bertz CT molecular complexity index is 847. The summed E-state index contributed by atoms with van der Waals surface area (Å²) < 4.78 is 3.13. The standard InChI is InChI=1S/C23H35Cl3N4O4.CH2O2/c1-15(19(31)28-12-8-11-17(27)21(33)34-14-23(24,25)26)29-20(32)18(30-22(2,3)4)13-16-9-6-5-7-10-16;2-1-3/h5-7,9-10,15,17-18,30H,8,11-14,27H2,1-4H3,(H,28,31)(H,29,32);1H,(H,2,3). The molecule has 2 amide bonds. The number of esters is 1. The molecule has 0 aromatic heterocycles. The number of rotatable bonds is 12. The molecule has 0 spiro atoms. The molecule has 6 N–H and O–H groups in total. The molecule has 10 nitrogen and oxygen atoms in total. The highest BCUT2D eigenvalue weighted by molar-refractivity contribution is 6.67. The van der Waals surface area contributed by atoms with E-state index in [9.17, 15) is 14.4 Å². The summed E-state index contributed by atoms with van der Waals surface area (Å²) in [5.74, 6) is -1.29. The first kappa shape index (κ1) is 34.9. The van der Waals surface area contributed by atoms with Gasteiger partial charge in [-0.2, -0.15) is 0 Å². The van der Waals surface area contributed by atoms with Crippen LogP contribution in [0, 0.1) is 0 Å². The van der Waals surface area contributed by atoms with Gasteiger partial charge in [0.1, 0.15) is 18.7 Å². The molecular weight excluding hydrogens is 547 g/mol. The van der Waals surface area contributed by atoms with E-state index in [1.807, 2.05) is 51.1 Å². The summed E-state index contributed by atoms with van der Waals surface area (Å²) in [5.41, 5.74) is 6.48. The third-order valence-corrected chi connectivity index (χ3v) is 4.96. The monoisotopic (exact) mass is 582 g/mol. The molecule has 3 atom stereocenters. The van der Waals surface area contributed by atoms with Gasteiger partial charge in [-0.05, 0) is 52.5 Å². The highest BCUT2D eigenvalue weighted by atomic mass is 35.6. The van der Waals surface area contributed by atoms with Crippen LogP contribution in [0.3, 0.4) is 0 Å². The van der Waals surface area contributed by atoms with Crippen molar-refractivity contribution in [2.24, 2.45) is 5.73 Å². The number of ether oxygens (including phenoxy) is 1. The number of amides is 2. The fraction of sp³-hybridized carbons (Fsp3) is 0.583. The first-order valence-corrected chi connectivity index (χ1v) is 12.7. The topological polar surface area (TPSA) is 160 Å². The predicted octanol–water partition coefficient (Wildman–Crippen LogP) is 2.33. The van der Waals surface area contributed by atoms with Crippen molar-refractivity contribution in [2.45, 2.75) is 74.4 Å². The molecule has 0 heterocycles. The highest BCUT2D eigenvalue weighted by Crippen LogP contribution is 2.26. The summed E-state index contributed by atoms with van der Waals surface area (Å²) >= 11 is 16.6. The smallest absolute Gasteiger partial charge is 0.323 e. The molecule has 1 rings (SSSR count). The SMILES string of the molecule is CC(NC(=O)C(Cc1ccccc1)NC(C)(C)C)C(=O)NCCCC(N)C(=O)OCC(Cl)(Cl)Cl.O=CO. The van der Waals surface area contributed by atoms with Crippen LogP contribution in [0.1, 0.15) is 46.1 Å². The largest absolute Gasteiger partial charge is 0.483 e. The van der Waals surface area contributed by atoms with Crippen LogP contribution in [0.5, 0.6) is 0 Å². The van der Waals surface area contributed by atoms with Crippen molar-refractivity contribution in [3.05, 3.63) is 35.9 Å². The minimum Gasteiger partial charge on any atom is -0.483 e. The minimum absolute atomic E-state index is 0.250. The van der Waals surface area contributed by atoms with Crippen LogP contribution in [0.2, 0.25) is 0 Å². The van der Waals surface area contributed by atoms with Crippen molar-refractivity contribution >= 4 is 59.1 Å². The molecule has 1 aromatic rings. The molecule has 0 aliphatic heterocycles. The lowest BCUT2D eigenvalue weighted by Gasteiger charge is -2.29. The lowest BCUT2D eigenvalue weighted by Crippen LogP contribution is -2.56. The number of benzene rings is 1. The molecule has 1 aromatic carbocycles. The number of nitrogens with one attached hydrogen (secondary N) is 3. The van der Waals surface area contributed by atoms with E-state index in [4.69, 9.17) is 55.2 Å². The fourth-order valence-electron chi connectivity index (χ4n) is 3.03. The van der Waals surface area contributed by atoms with E-state index in [2.05, 4.69) is 16.0 Å². The van der Waals surface area contributed by atoms with Gasteiger partial charge in [0, 0.05) is 12.1 Å². The van der Waals surface area contributed by atoms with Gasteiger partial charge in [0.25, 0.3) is 6.47 Å². The number of hydrogen-bond donors (Lipinski definition) is 5. The number of nitrogens with two attached hydrogens (primary N) is 1. The van der Waals surface area contributed by atoms with E-state index in [0.29, 0.717) is 12.8 Å². The van der Waals surface area contributed by atoms with E-state index in [1.165, 1.54) is 0 Å². The maximum absolute atomic E-state index is 12.9. The minimum atomic E-state index is -1.70. The van der Waals surface area contributed by atoms with Crippen LogP contribution in [0.4, 0.5) is 0 Å². The van der Waals surface area contributed by atoms with Gasteiger partial charge in [-0.15, -0.1) is 0 Å². The van der Waals surface area contributed by atoms with Crippen LogP contribution < -0.4 is 21.7 Å².